The lowest BCUT2D eigenvalue weighted by atomic mass is 10.1. The number of aromatic hydroxyl groups is 1. The maximum atomic E-state index is 12.5. The van der Waals surface area contributed by atoms with Gasteiger partial charge in [0.15, 0.2) is 5.82 Å². The number of benzene rings is 2. The van der Waals surface area contributed by atoms with E-state index in [9.17, 15) is 9.90 Å². The van der Waals surface area contributed by atoms with Gasteiger partial charge >= 0.3 is 0 Å². The zero-order valence-electron chi connectivity index (χ0n) is 21.1. The van der Waals surface area contributed by atoms with Gasteiger partial charge in [0.2, 0.25) is 5.91 Å². The summed E-state index contributed by atoms with van der Waals surface area (Å²) in [5.74, 6) is 1.58. The second-order valence-electron chi connectivity index (χ2n) is 9.33. The molecule has 8 heteroatoms. The minimum atomic E-state index is 0.0143. The van der Waals surface area contributed by atoms with Crippen LogP contribution in [0.15, 0.2) is 54.6 Å². The van der Waals surface area contributed by atoms with E-state index in [0.717, 1.165) is 67.2 Å². The standard InChI is InChI=1S/C28H35N5O3/c1-32(2)13-5-3-4-12-27(35)29-23-10-6-9-22(18-23)28-30-25(21-8-7-11-24(34)19-21)20-26(31-28)33-14-16-36-17-15-33/h6-11,18-20,34H,3-5,12-17H2,1-2H3,(H,29,35). The molecule has 8 nitrogen and oxygen atoms in total. The van der Waals surface area contributed by atoms with Crippen molar-refractivity contribution in [2.45, 2.75) is 25.7 Å². The summed E-state index contributed by atoms with van der Waals surface area (Å²) in [6, 6.07) is 16.7. The summed E-state index contributed by atoms with van der Waals surface area (Å²) >= 11 is 0. The number of phenols is 1. The number of morpholine rings is 1. The number of anilines is 2. The van der Waals surface area contributed by atoms with Gasteiger partial charge in [-0.25, -0.2) is 9.97 Å². The number of nitrogens with zero attached hydrogens (tertiary/aromatic N) is 4. The Morgan fingerprint density at radius 2 is 1.78 bits per heavy atom. The predicted molar refractivity (Wildman–Crippen MR) is 143 cm³/mol. The molecule has 1 aliphatic heterocycles. The molecule has 0 saturated carbocycles. The maximum absolute atomic E-state index is 12.5. The molecule has 3 aromatic rings. The Balaban J connectivity index is 1.54. The van der Waals surface area contributed by atoms with E-state index in [-0.39, 0.29) is 11.7 Å². The Morgan fingerprint density at radius 3 is 2.56 bits per heavy atom. The van der Waals surface area contributed by atoms with Crippen LogP contribution in [-0.2, 0) is 9.53 Å². The lowest BCUT2D eigenvalue weighted by Crippen LogP contribution is -2.36. The van der Waals surface area contributed by atoms with Gasteiger partial charge in [0, 0.05) is 42.4 Å². The van der Waals surface area contributed by atoms with Gasteiger partial charge in [-0.1, -0.05) is 30.7 Å². The number of amides is 1. The minimum absolute atomic E-state index is 0.0143. The topological polar surface area (TPSA) is 90.8 Å². The number of carbonyl (C=O) groups is 1. The highest BCUT2D eigenvalue weighted by atomic mass is 16.5. The Morgan fingerprint density at radius 1 is 1.00 bits per heavy atom. The summed E-state index contributed by atoms with van der Waals surface area (Å²) in [5.41, 5.74) is 3.08. The number of aromatic nitrogens is 2. The Bertz CT molecular complexity index is 1160. The number of phenolic OH excluding ortho intramolecular Hbond substituents is 1. The average Bonchev–Trinajstić information content (AvgIpc) is 2.89. The first-order valence-electron chi connectivity index (χ1n) is 12.5. The van der Waals surface area contributed by atoms with Gasteiger partial charge in [-0.15, -0.1) is 0 Å². The molecule has 1 amide bonds. The largest absolute Gasteiger partial charge is 0.508 e. The number of hydrogen-bond acceptors (Lipinski definition) is 7. The number of rotatable bonds is 10. The highest BCUT2D eigenvalue weighted by Crippen LogP contribution is 2.29. The van der Waals surface area contributed by atoms with Crippen molar-refractivity contribution < 1.29 is 14.6 Å². The highest BCUT2D eigenvalue weighted by molar-refractivity contribution is 5.91. The molecule has 1 aromatic heterocycles. The third-order valence-corrected chi connectivity index (χ3v) is 6.10. The van der Waals surface area contributed by atoms with E-state index in [2.05, 4.69) is 29.2 Å². The molecule has 0 aliphatic carbocycles. The van der Waals surface area contributed by atoms with E-state index < -0.39 is 0 Å². The summed E-state index contributed by atoms with van der Waals surface area (Å²) in [4.78, 5) is 26.5. The molecule has 0 atom stereocenters. The lowest BCUT2D eigenvalue weighted by Gasteiger charge is -2.28. The third kappa shape index (κ3) is 7.26. The normalized spacial score (nSPS) is 13.7. The molecule has 1 aliphatic rings. The summed E-state index contributed by atoms with van der Waals surface area (Å²) in [6.45, 7) is 3.84. The molecule has 2 heterocycles. The molecule has 0 radical (unpaired) electrons. The summed E-state index contributed by atoms with van der Waals surface area (Å²) in [5, 5.41) is 13.0. The number of nitrogens with one attached hydrogen (secondary N) is 1. The minimum Gasteiger partial charge on any atom is -0.508 e. The smallest absolute Gasteiger partial charge is 0.224 e. The van der Waals surface area contributed by atoms with Crippen molar-refractivity contribution in [2.75, 3.05) is 57.2 Å². The van der Waals surface area contributed by atoms with E-state index in [1.807, 2.05) is 36.4 Å². The summed E-state index contributed by atoms with van der Waals surface area (Å²) in [7, 11) is 4.12. The fourth-order valence-electron chi connectivity index (χ4n) is 4.18. The van der Waals surface area contributed by atoms with Gasteiger partial charge < -0.3 is 25.0 Å². The van der Waals surface area contributed by atoms with Gasteiger partial charge in [-0.05, 0) is 57.7 Å². The van der Waals surface area contributed by atoms with Crippen LogP contribution in [0.3, 0.4) is 0 Å². The first-order valence-corrected chi connectivity index (χ1v) is 12.5. The molecule has 1 fully saturated rings. The molecule has 0 spiro atoms. The van der Waals surface area contributed by atoms with E-state index in [1.165, 1.54) is 0 Å². The molecule has 2 N–H and O–H groups in total. The quantitative estimate of drug-likeness (QED) is 0.408. The van der Waals surface area contributed by atoms with Crippen LogP contribution in [0.2, 0.25) is 0 Å². The van der Waals surface area contributed by atoms with Crippen molar-refractivity contribution in [1.29, 1.82) is 0 Å². The van der Waals surface area contributed by atoms with Crippen molar-refractivity contribution in [3.05, 3.63) is 54.6 Å². The highest BCUT2D eigenvalue weighted by Gasteiger charge is 2.17. The fourth-order valence-corrected chi connectivity index (χ4v) is 4.18. The van der Waals surface area contributed by atoms with Crippen LogP contribution in [0.25, 0.3) is 22.6 Å². The molecule has 4 rings (SSSR count). The first kappa shape index (κ1) is 25.6. The Labute approximate surface area is 212 Å². The molecular formula is C28H35N5O3. The van der Waals surface area contributed by atoms with Crippen molar-refractivity contribution in [1.82, 2.24) is 14.9 Å². The number of hydrogen-bond donors (Lipinski definition) is 2. The number of ether oxygens (including phenoxy) is 1. The van der Waals surface area contributed by atoms with Crippen LogP contribution in [-0.4, -0.2) is 72.8 Å². The first-order chi connectivity index (χ1) is 17.5. The van der Waals surface area contributed by atoms with Crippen LogP contribution in [0.5, 0.6) is 5.75 Å². The second kappa shape index (κ2) is 12.5. The Kier molecular flexibility index (Phi) is 8.86. The SMILES string of the molecule is CN(C)CCCCCC(=O)Nc1cccc(-c2nc(-c3cccc(O)c3)cc(N3CCOCC3)n2)c1. The van der Waals surface area contributed by atoms with E-state index in [0.29, 0.717) is 25.5 Å². The van der Waals surface area contributed by atoms with Crippen molar-refractivity contribution in [3.63, 3.8) is 0 Å². The van der Waals surface area contributed by atoms with Gasteiger partial charge in [0.25, 0.3) is 0 Å². The molecule has 2 aromatic carbocycles. The van der Waals surface area contributed by atoms with Crippen LogP contribution >= 0.6 is 0 Å². The zero-order valence-corrected chi connectivity index (χ0v) is 21.1. The van der Waals surface area contributed by atoms with Crippen molar-refractivity contribution in [3.8, 4) is 28.4 Å². The van der Waals surface area contributed by atoms with Gasteiger partial charge in [-0.3, -0.25) is 4.79 Å². The monoisotopic (exact) mass is 489 g/mol. The third-order valence-electron chi connectivity index (χ3n) is 6.10. The average molecular weight is 490 g/mol. The second-order valence-corrected chi connectivity index (χ2v) is 9.33. The van der Waals surface area contributed by atoms with Crippen molar-refractivity contribution in [2.24, 2.45) is 0 Å². The molecule has 0 unspecified atom stereocenters. The molecule has 190 valence electrons. The fraction of sp³-hybridized carbons (Fsp3) is 0.393. The zero-order chi connectivity index (χ0) is 25.3. The summed E-state index contributed by atoms with van der Waals surface area (Å²) < 4.78 is 5.51. The molecule has 0 bridgehead atoms. The van der Waals surface area contributed by atoms with E-state index in [1.54, 1.807) is 18.2 Å². The van der Waals surface area contributed by atoms with Gasteiger partial charge in [0.1, 0.15) is 11.6 Å². The summed E-state index contributed by atoms with van der Waals surface area (Å²) in [6.07, 6.45) is 3.50. The van der Waals surface area contributed by atoms with Crippen LogP contribution in [0.4, 0.5) is 11.5 Å². The van der Waals surface area contributed by atoms with Gasteiger partial charge in [-0.2, -0.15) is 0 Å². The molecular weight excluding hydrogens is 454 g/mol. The van der Waals surface area contributed by atoms with E-state index in [4.69, 9.17) is 14.7 Å². The molecule has 1 saturated heterocycles. The van der Waals surface area contributed by atoms with Crippen LogP contribution in [0.1, 0.15) is 25.7 Å². The number of unbranched alkanes of at least 4 members (excludes halogenated alkanes) is 2. The predicted octanol–water partition coefficient (Wildman–Crippen LogP) is 4.41. The lowest BCUT2D eigenvalue weighted by molar-refractivity contribution is -0.116. The van der Waals surface area contributed by atoms with Crippen molar-refractivity contribution >= 4 is 17.4 Å². The Hall–Kier alpha value is -3.49. The number of carbonyl (C=O) groups excluding carboxylic acids is 1. The van der Waals surface area contributed by atoms with Crippen LogP contribution in [0, 0.1) is 0 Å². The van der Waals surface area contributed by atoms with E-state index >= 15 is 0 Å². The van der Waals surface area contributed by atoms with Gasteiger partial charge in [0.05, 0.1) is 18.9 Å². The molecule has 36 heavy (non-hydrogen) atoms. The van der Waals surface area contributed by atoms with Crippen LogP contribution < -0.4 is 10.2 Å². The maximum Gasteiger partial charge on any atom is 0.224 e.